The quantitative estimate of drug-likeness (QED) is 0.373. The lowest BCUT2D eigenvalue weighted by atomic mass is 9.75. The van der Waals surface area contributed by atoms with Gasteiger partial charge in [0.15, 0.2) is 5.78 Å². The summed E-state index contributed by atoms with van der Waals surface area (Å²) in [5.41, 5.74) is -2.74. The standard InChI is InChI=1S/C13N6O/c1-17-7(4-14)10-11(8(5-15)18-2)13(20)12(10)9(6-16)19-3. The van der Waals surface area contributed by atoms with Crippen LogP contribution in [0.5, 0.6) is 0 Å². The van der Waals surface area contributed by atoms with E-state index in [0.717, 1.165) is 0 Å². The Hall–Kier alpha value is -4.17. The Kier molecular flexibility index (Phi) is 3.78. The van der Waals surface area contributed by atoms with Crippen molar-refractivity contribution in [1.82, 2.24) is 0 Å². The average Bonchev–Trinajstić information content (AvgIpc) is 2.49. The molecule has 88 valence electrons. The van der Waals surface area contributed by atoms with Crippen molar-refractivity contribution in [3.63, 3.8) is 0 Å². The highest BCUT2D eigenvalue weighted by Crippen LogP contribution is 2.42. The van der Waals surface area contributed by atoms with E-state index < -0.39 is 22.9 Å². The summed E-state index contributed by atoms with van der Waals surface area (Å²) in [5, 5.41) is 26.4. The molecule has 1 saturated carbocycles. The van der Waals surface area contributed by atoms with E-state index in [1.807, 2.05) is 0 Å². The van der Waals surface area contributed by atoms with E-state index in [0.29, 0.717) is 0 Å². The molecule has 0 spiro atoms. The van der Waals surface area contributed by atoms with Gasteiger partial charge < -0.3 is 0 Å². The Morgan fingerprint density at radius 2 is 1.05 bits per heavy atom. The van der Waals surface area contributed by atoms with Crippen molar-refractivity contribution in [2.45, 2.75) is 0 Å². The van der Waals surface area contributed by atoms with Crippen molar-refractivity contribution in [2.24, 2.45) is 0 Å². The van der Waals surface area contributed by atoms with Gasteiger partial charge in [0.2, 0.25) is 0 Å². The summed E-state index contributed by atoms with van der Waals surface area (Å²) in [6.07, 6.45) is 0. The van der Waals surface area contributed by atoms with Crippen LogP contribution in [0, 0.1) is 53.7 Å². The number of nitrogens with zero attached hydrogens (tertiary/aromatic N) is 6. The molecule has 0 aliphatic heterocycles. The van der Waals surface area contributed by atoms with Crippen molar-refractivity contribution in [3.8, 4) is 18.2 Å². The number of carbonyl (C=O) groups excluding carboxylic acids is 1. The fourth-order valence-corrected chi connectivity index (χ4v) is 1.51. The maximum atomic E-state index is 11.9. The highest BCUT2D eigenvalue weighted by molar-refractivity contribution is 6.27. The lowest BCUT2D eigenvalue weighted by Crippen LogP contribution is -2.26. The fraction of sp³-hybridized carbons (Fsp3) is 0. The molecule has 1 aliphatic rings. The second-order valence-corrected chi connectivity index (χ2v) is 3.17. The van der Waals surface area contributed by atoms with E-state index in [4.69, 9.17) is 35.5 Å². The predicted molar refractivity (Wildman–Crippen MR) is 62.7 cm³/mol. The topological polar surface area (TPSA) is 102 Å². The van der Waals surface area contributed by atoms with E-state index in [1.54, 1.807) is 0 Å². The van der Waals surface area contributed by atoms with Gasteiger partial charge in [0.05, 0.1) is 37.9 Å². The average molecular weight is 256 g/mol. The Balaban J connectivity index is 3.91. The predicted octanol–water partition coefficient (Wildman–Crippen LogP) is 1.66. The highest BCUT2D eigenvalue weighted by atomic mass is 16.1. The van der Waals surface area contributed by atoms with Gasteiger partial charge in [-0.15, -0.1) is 0 Å². The molecule has 0 aromatic carbocycles. The number of carbonyl (C=O) groups is 1. The molecule has 0 radical (unpaired) electrons. The Bertz CT molecular complexity index is 770. The smallest absolute Gasteiger partial charge is 0.272 e. The lowest BCUT2D eigenvalue weighted by Gasteiger charge is -2.25. The minimum Gasteiger partial charge on any atom is -0.292 e. The van der Waals surface area contributed by atoms with Crippen LogP contribution in [0.1, 0.15) is 0 Å². The van der Waals surface area contributed by atoms with E-state index in [2.05, 4.69) is 14.5 Å². The Morgan fingerprint density at radius 1 is 0.750 bits per heavy atom. The van der Waals surface area contributed by atoms with Crippen LogP contribution in [0.3, 0.4) is 0 Å². The van der Waals surface area contributed by atoms with Crippen LogP contribution >= 0.6 is 0 Å². The number of hydrogen-bond donors (Lipinski definition) is 0. The van der Waals surface area contributed by atoms with Crippen LogP contribution in [0.25, 0.3) is 14.5 Å². The number of ketones is 1. The minimum absolute atomic E-state index is 0.271. The zero-order valence-electron chi connectivity index (χ0n) is 9.59. The molecule has 1 aliphatic carbocycles. The summed E-state index contributed by atoms with van der Waals surface area (Å²) in [4.78, 5) is 20.5. The normalized spacial score (nSPS) is 16.9. The van der Waals surface area contributed by atoms with Gasteiger partial charge >= 0.3 is 0 Å². The number of rotatable bonds is 0. The number of nitriles is 3. The molecule has 0 amide bonds. The first kappa shape index (κ1) is 13.9. The highest BCUT2D eigenvalue weighted by Gasteiger charge is 2.41. The van der Waals surface area contributed by atoms with E-state index in [1.165, 1.54) is 18.2 Å². The maximum Gasteiger partial charge on any atom is 0.272 e. The molecule has 20 heavy (non-hydrogen) atoms. The zero-order valence-corrected chi connectivity index (χ0v) is 9.59. The lowest BCUT2D eigenvalue weighted by molar-refractivity contribution is -0.113. The van der Waals surface area contributed by atoms with Crippen molar-refractivity contribution >= 4 is 5.78 Å². The summed E-state index contributed by atoms with van der Waals surface area (Å²) in [7, 11) is 0. The van der Waals surface area contributed by atoms with Crippen LogP contribution in [-0.4, -0.2) is 5.78 Å². The molecule has 0 aromatic rings. The first-order valence-electron chi connectivity index (χ1n) is 4.72. The number of Topliss-reactive ketones (excluding diaryl/α,β-unsaturated/α-hetero) is 1. The largest absolute Gasteiger partial charge is 0.292 e. The van der Waals surface area contributed by atoms with Gasteiger partial charge in [-0.1, -0.05) is 0 Å². The van der Waals surface area contributed by atoms with Crippen LogP contribution < -0.4 is 0 Å². The van der Waals surface area contributed by atoms with E-state index >= 15 is 0 Å². The molecule has 0 atom stereocenters. The molecule has 7 heteroatoms. The molecule has 0 N–H and O–H groups in total. The minimum atomic E-state index is -0.850. The third-order valence-electron chi connectivity index (χ3n) is 2.32. The van der Waals surface area contributed by atoms with Crippen molar-refractivity contribution < 1.29 is 4.79 Å². The molecule has 0 bridgehead atoms. The molecule has 0 heterocycles. The SMILES string of the molecule is [C-]#[N+]C(C#N)=C1C(=O)C(=C(C#N)[N+]#[C-])C1=C(C#N)[N+]#[C-]. The summed E-state index contributed by atoms with van der Waals surface area (Å²) in [6.45, 7) is 20.4. The van der Waals surface area contributed by atoms with Gasteiger partial charge in [-0.3, -0.25) is 4.79 Å². The first-order chi connectivity index (χ1) is 9.60. The van der Waals surface area contributed by atoms with Gasteiger partial charge in [0, 0.05) is 11.1 Å². The molecular weight excluding hydrogens is 256 g/mol. The second kappa shape index (κ2) is 5.44. The van der Waals surface area contributed by atoms with Gasteiger partial charge in [-0.25, -0.2) is 30.3 Å². The molecular formula is C13N6O. The van der Waals surface area contributed by atoms with Crippen LogP contribution in [0.4, 0.5) is 0 Å². The third-order valence-corrected chi connectivity index (χ3v) is 2.32. The van der Waals surface area contributed by atoms with Gasteiger partial charge in [-0.05, 0) is 5.57 Å². The monoisotopic (exact) mass is 256 g/mol. The van der Waals surface area contributed by atoms with Gasteiger partial charge in [0.1, 0.15) is 0 Å². The van der Waals surface area contributed by atoms with Crippen molar-refractivity contribution in [2.75, 3.05) is 0 Å². The maximum absolute atomic E-state index is 11.9. The molecule has 1 fully saturated rings. The van der Waals surface area contributed by atoms with Crippen LogP contribution in [0.15, 0.2) is 33.8 Å². The summed E-state index contributed by atoms with van der Waals surface area (Å²) in [6, 6.07) is 4.50. The van der Waals surface area contributed by atoms with E-state index in [-0.39, 0.29) is 16.7 Å². The molecule has 0 unspecified atom stereocenters. The number of hydrogen-bond acceptors (Lipinski definition) is 4. The Labute approximate surface area is 113 Å². The second-order valence-electron chi connectivity index (χ2n) is 3.17. The zero-order chi connectivity index (χ0) is 15.3. The van der Waals surface area contributed by atoms with Gasteiger partial charge in [0.25, 0.3) is 17.1 Å². The summed E-state index contributed by atoms with van der Waals surface area (Å²) < 4.78 is 0. The van der Waals surface area contributed by atoms with Crippen molar-refractivity contribution in [3.05, 3.63) is 68.1 Å². The Morgan fingerprint density at radius 3 is 1.30 bits per heavy atom. The third kappa shape index (κ3) is 1.77. The van der Waals surface area contributed by atoms with Crippen LogP contribution in [-0.2, 0) is 4.79 Å². The number of allylic oxidation sites excluding steroid dienone is 6. The fourth-order valence-electron chi connectivity index (χ4n) is 1.51. The first-order valence-corrected chi connectivity index (χ1v) is 4.72. The van der Waals surface area contributed by atoms with E-state index in [9.17, 15) is 4.79 Å². The van der Waals surface area contributed by atoms with Crippen LogP contribution in [0.2, 0.25) is 0 Å². The summed E-state index contributed by atoms with van der Waals surface area (Å²) >= 11 is 0. The molecule has 7 nitrogen and oxygen atoms in total. The molecule has 0 saturated heterocycles. The summed E-state index contributed by atoms with van der Waals surface area (Å²) in [5.74, 6) is -0.850. The molecule has 1 rings (SSSR count). The van der Waals surface area contributed by atoms with Crippen molar-refractivity contribution in [1.29, 1.82) is 15.8 Å². The molecule has 0 aromatic heterocycles. The van der Waals surface area contributed by atoms with Gasteiger partial charge in [-0.2, -0.15) is 0 Å².